The van der Waals surface area contributed by atoms with E-state index in [1.165, 1.54) is 17.7 Å². The average molecular weight is 442 g/mol. The Morgan fingerprint density at radius 3 is 1.60 bits per heavy atom. The first-order chi connectivity index (χ1) is 13.3. The molecule has 0 fully saturated rings. The van der Waals surface area contributed by atoms with Crippen LogP contribution in [0.15, 0.2) is 30.3 Å². The average Bonchev–Trinajstić information content (AvgIpc) is 2.50. The maximum Gasteiger partial charge on any atom is 0.339 e. The lowest BCUT2D eigenvalue weighted by Crippen LogP contribution is -2.68. The van der Waals surface area contributed by atoms with Gasteiger partial charge in [0.05, 0.1) is 6.07 Å². The summed E-state index contributed by atoms with van der Waals surface area (Å²) in [6.45, 7) is 15.0. The number of aromatic nitrogens is 1. The minimum atomic E-state index is -4.94. The van der Waals surface area contributed by atoms with Crippen LogP contribution in [0.2, 0.25) is 0 Å². The van der Waals surface area contributed by atoms with Crippen LogP contribution in [0.25, 0.3) is 5.69 Å². The van der Waals surface area contributed by atoms with Gasteiger partial charge in [0, 0.05) is 29.0 Å². The van der Waals surface area contributed by atoms with Crippen molar-refractivity contribution in [1.82, 2.24) is 0 Å². The largest absolute Gasteiger partial charge is 0.507 e. The van der Waals surface area contributed by atoms with Crippen molar-refractivity contribution in [2.24, 2.45) is 0 Å². The predicted molar refractivity (Wildman–Crippen MR) is 98.7 cm³/mol. The lowest BCUT2D eigenvalue weighted by Gasteiger charge is -2.24. The highest BCUT2D eigenvalue weighted by Gasteiger charge is 2.35. The molecule has 2 N–H and O–H groups in total. The van der Waals surface area contributed by atoms with Crippen LogP contribution in [-0.2, 0) is 10.8 Å². The Bertz CT molecular complexity index is 881. The third-order valence-corrected chi connectivity index (χ3v) is 4.22. The smallest absolute Gasteiger partial charge is 0.339 e. The third kappa shape index (κ3) is 7.23. The number of carboxylic acid groups (broad SMARTS) is 1. The Kier molecular flexibility index (Phi) is 7.63. The molecule has 166 valence electrons. The van der Waals surface area contributed by atoms with Crippen LogP contribution >= 0.6 is 0 Å². The van der Waals surface area contributed by atoms with Gasteiger partial charge in [-0.25, -0.2) is 23.4 Å². The molecule has 9 heteroatoms. The second-order valence-corrected chi connectivity index (χ2v) is 9.78. The van der Waals surface area contributed by atoms with E-state index in [2.05, 4.69) is 65.2 Å². The zero-order chi connectivity index (χ0) is 23.7. The van der Waals surface area contributed by atoms with Crippen molar-refractivity contribution in [3.63, 3.8) is 0 Å². The van der Waals surface area contributed by atoms with Crippen LogP contribution in [0.5, 0.6) is 5.75 Å². The topological polar surface area (TPSA) is 154 Å². The number of phenols is 1. The molecule has 1 aromatic carbocycles. The molecule has 0 atom stereocenters. The summed E-state index contributed by atoms with van der Waals surface area (Å²) in [5.74, 6) is -1.36. The standard InChI is InChI=1S/C21H27NO3.ClHO4/c1-13-10-17(20(2,3)4)22(18(11-13)21(5,6)7)14-8-9-15(19(24)25)16(23)12-14;2-1(3,4)5/h8-12H,1-7H3,(H-,23,24,25);(H,2,3,4,5). The van der Waals surface area contributed by atoms with Crippen LogP contribution in [-0.4, -0.2) is 16.2 Å². The van der Waals surface area contributed by atoms with E-state index < -0.39 is 16.2 Å². The molecule has 0 radical (unpaired) electrons. The van der Waals surface area contributed by atoms with Gasteiger partial charge >= 0.3 is 5.97 Å². The van der Waals surface area contributed by atoms with Crippen molar-refractivity contribution in [3.8, 4) is 11.4 Å². The first kappa shape index (κ1) is 25.8. The Morgan fingerprint density at radius 1 is 0.900 bits per heavy atom. The number of rotatable bonds is 2. The number of aromatic hydroxyl groups is 1. The Hall–Kier alpha value is -2.23. The molecule has 0 aliphatic rings. The van der Waals surface area contributed by atoms with Gasteiger partial charge in [0.25, 0.3) is 0 Å². The van der Waals surface area contributed by atoms with E-state index in [4.69, 9.17) is 23.7 Å². The molecule has 2 aromatic rings. The molecule has 0 saturated heterocycles. The molecule has 0 saturated carbocycles. The molecule has 0 spiro atoms. The number of carboxylic acids is 1. The summed E-state index contributed by atoms with van der Waals surface area (Å²) in [5.41, 5.74) is 3.83. The number of aryl methyl sites for hydroxylation is 1. The monoisotopic (exact) mass is 441 g/mol. The minimum absolute atomic E-state index is 0.0916. The first-order valence-corrected chi connectivity index (χ1v) is 10.3. The van der Waals surface area contributed by atoms with E-state index in [1.807, 2.05) is 0 Å². The van der Waals surface area contributed by atoms with Gasteiger partial charge in [0.15, 0.2) is 11.4 Å². The highest BCUT2D eigenvalue weighted by molar-refractivity contribution is 5.90. The van der Waals surface area contributed by atoms with Crippen molar-refractivity contribution in [2.45, 2.75) is 59.3 Å². The molecule has 0 aliphatic carbocycles. The van der Waals surface area contributed by atoms with Gasteiger partial charge in [-0.2, -0.15) is 4.57 Å². The number of nitrogens with zero attached hydrogens (tertiary/aromatic N) is 1. The van der Waals surface area contributed by atoms with E-state index in [0.29, 0.717) is 0 Å². The summed E-state index contributed by atoms with van der Waals surface area (Å²) < 4.78 is 36.1. The molecular weight excluding hydrogens is 414 g/mol. The number of aromatic carboxylic acids is 1. The molecule has 30 heavy (non-hydrogen) atoms. The summed E-state index contributed by atoms with van der Waals surface area (Å²) in [6.07, 6.45) is 0. The Balaban J connectivity index is 0.000000804. The Morgan fingerprint density at radius 2 is 1.30 bits per heavy atom. The fourth-order valence-corrected chi connectivity index (χ4v) is 2.95. The van der Waals surface area contributed by atoms with Crippen LogP contribution in [0, 0.1) is 17.2 Å². The van der Waals surface area contributed by atoms with Crippen molar-refractivity contribution >= 4 is 5.97 Å². The Labute approximate surface area is 178 Å². The molecular formula is C21H28ClNO7. The molecule has 0 amide bonds. The van der Waals surface area contributed by atoms with Gasteiger partial charge < -0.3 is 10.2 Å². The number of benzene rings is 1. The molecule has 0 aliphatic heterocycles. The van der Waals surface area contributed by atoms with Crippen LogP contribution in [0.3, 0.4) is 0 Å². The summed E-state index contributed by atoms with van der Waals surface area (Å²) in [7, 11) is -4.94. The SMILES string of the molecule is Cc1cc(C(C)(C)C)[n+](-c2ccc(C(=O)O)c(O)c2)c(C(C)(C)C)c1.[O-][Cl+3]([O-])([O-])[O-]. The normalized spacial score (nSPS) is 12.2. The van der Waals surface area contributed by atoms with E-state index >= 15 is 0 Å². The van der Waals surface area contributed by atoms with Gasteiger partial charge in [-0.15, -0.1) is 10.2 Å². The van der Waals surface area contributed by atoms with Crippen molar-refractivity contribution in [2.75, 3.05) is 0 Å². The maximum atomic E-state index is 11.2. The van der Waals surface area contributed by atoms with E-state index in [-0.39, 0.29) is 22.1 Å². The number of carbonyl (C=O) groups is 1. The summed E-state index contributed by atoms with van der Waals surface area (Å²) >= 11 is 0. The minimum Gasteiger partial charge on any atom is -0.507 e. The lowest BCUT2D eigenvalue weighted by atomic mass is 9.85. The predicted octanol–water partition coefficient (Wildman–Crippen LogP) is -0.485. The van der Waals surface area contributed by atoms with Crippen molar-refractivity contribution in [3.05, 3.63) is 52.8 Å². The van der Waals surface area contributed by atoms with Crippen LogP contribution in [0.1, 0.15) is 68.9 Å². The molecule has 1 heterocycles. The summed E-state index contributed by atoms with van der Waals surface area (Å²) in [5, 5.41) is 19.3. The number of halogens is 1. The van der Waals surface area contributed by atoms with Gasteiger partial charge in [-0.3, -0.25) is 0 Å². The van der Waals surface area contributed by atoms with Gasteiger partial charge in [0.1, 0.15) is 11.3 Å². The first-order valence-electron chi connectivity index (χ1n) is 9.08. The fourth-order valence-electron chi connectivity index (χ4n) is 2.95. The van der Waals surface area contributed by atoms with Gasteiger partial charge in [-0.05, 0) is 18.6 Å². The third-order valence-electron chi connectivity index (χ3n) is 4.22. The second kappa shape index (κ2) is 8.87. The summed E-state index contributed by atoms with van der Waals surface area (Å²) in [6, 6.07) is 9.04. The van der Waals surface area contributed by atoms with Crippen LogP contribution < -0.4 is 23.2 Å². The zero-order valence-corrected chi connectivity index (χ0v) is 18.9. The fraction of sp³-hybridized carbons (Fsp3) is 0.429. The molecule has 1 aromatic heterocycles. The molecule has 0 bridgehead atoms. The van der Waals surface area contributed by atoms with E-state index in [1.54, 1.807) is 6.07 Å². The van der Waals surface area contributed by atoms with Gasteiger partial charge in [0.2, 0.25) is 5.69 Å². The number of pyridine rings is 1. The summed E-state index contributed by atoms with van der Waals surface area (Å²) in [4.78, 5) is 11.2. The lowest BCUT2D eigenvalue weighted by molar-refractivity contribution is -2.00. The highest BCUT2D eigenvalue weighted by Crippen LogP contribution is 2.29. The van der Waals surface area contributed by atoms with Gasteiger partial charge in [-0.1, -0.05) is 41.5 Å². The molecule has 8 nitrogen and oxygen atoms in total. The molecule has 0 unspecified atom stereocenters. The second-order valence-electron chi connectivity index (χ2n) is 9.02. The van der Waals surface area contributed by atoms with E-state index in [9.17, 15) is 9.90 Å². The zero-order valence-electron chi connectivity index (χ0n) is 18.1. The molecule has 2 rings (SSSR count). The quantitative estimate of drug-likeness (QED) is 0.596. The van der Waals surface area contributed by atoms with Crippen molar-refractivity contribution in [1.29, 1.82) is 0 Å². The van der Waals surface area contributed by atoms with Crippen molar-refractivity contribution < 1.29 is 48.5 Å². The van der Waals surface area contributed by atoms with Crippen LogP contribution in [0.4, 0.5) is 0 Å². The highest BCUT2D eigenvalue weighted by atomic mass is 35.7. The number of hydrogen-bond donors (Lipinski definition) is 2. The number of hydrogen-bond acceptors (Lipinski definition) is 6. The maximum absolute atomic E-state index is 11.2. The van der Waals surface area contributed by atoms with E-state index in [0.717, 1.165) is 17.1 Å².